The Morgan fingerprint density at radius 1 is 0.577 bits per heavy atom. The molecule has 0 aromatic heterocycles. The van der Waals surface area contributed by atoms with Crippen LogP contribution in [0.1, 0.15) is 104 Å². The van der Waals surface area contributed by atoms with Crippen LogP contribution >= 0.6 is 0 Å². The van der Waals surface area contributed by atoms with Crippen LogP contribution in [-0.2, 0) is 19.0 Å². The Morgan fingerprint density at radius 3 is 1.54 bits per heavy atom. The molecule has 0 aliphatic rings. The lowest BCUT2D eigenvalue weighted by Crippen LogP contribution is -2.11. The molecule has 0 aromatic carbocycles. The van der Waals surface area contributed by atoms with Crippen LogP contribution < -0.4 is 0 Å². The predicted octanol–water partition coefficient (Wildman–Crippen LogP) is 6.06. The summed E-state index contributed by atoms with van der Waals surface area (Å²) in [5, 5.41) is 0. The number of esters is 1. The maximum Gasteiger partial charge on any atom is 0.308 e. The number of hydrogen-bond donors (Lipinski definition) is 0. The van der Waals surface area contributed by atoms with E-state index in [1.165, 1.54) is 77.0 Å². The van der Waals surface area contributed by atoms with Crippen molar-refractivity contribution in [3.8, 4) is 0 Å². The molecule has 0 fully saturated rings. The van der Waals surface area contributed by atoms with Crippen LogP contribution in [0.25, 0.3) is 0 Å². The fraction of sp³-hybridized carbons (Fsp3) is 0.955. The van der Waals surface area contributed by atoms with Crippen molar-refractivity contribution in [2.24, 2.45) is 0 Å². The lowest BCUT2D eigenvalue weighted by atomic mass is 10.0. The molecule has 0 aromatic rings. The SMILES string of the molecule is CCCCCCCCCCCCCCCOCCOCCC(=O)OCC. The average molecular weight is 373 g/mol. The monoisotopic (exact) mass is 372 g/mol. The van der Waals surface area contributed by atoms with Crippen LogP contribution in [0.15, 0.2) is 0 Å². The maximum absolute atomic E-state index is 11.1. The van der Waals surface area contributed by atoms with Gasteiger partial charge in [-0.25, -0.2) is 0 Å². The molecule has 26 heavy (non-hydrogen) atoms. The molecule has 4 nitrogen and oxygen atoms in total. The lowest BCUT2D eigenvalue weighted by Gasteiger charge is -2.06. The van der Waals surface area contributed by atoms with Crippen LogP contribution in [0.5, 0.6) is 0 Å². The molecule has 0 saturated carbocycles. The molecular weight excluding hydrogens is 328 g/mol. The summed E-state index contributed by atoms with van der Waals surface area (Å²) in [6.07, 6.45) is 18.1. The fourth-order valence-corrected chi connectivity index (χ4v) is 2.93. The molecule has 0 atom stereocenters. The zero-order chi connectivity index (χ0) is 19.1. The smallest absolute Gasteiger partial charge is 0.308 e. The number of ether oxygens (including phenoxy) is 3. The van der Waals surface area contributed by atoms with Crippen LogP contribution in [0.2, 0.25) is 0 Å². The Hall–Kier alpha value is -0.610. The molecule has 0 bridgehead atoms. The van der Waals surface area contributed by atoms with Gasteiger partial charge in [0.05, 0.1) is 32.8 Å². The Balaban J connectivity index is 3.02. The van der Waals surface area contributed by atoms with Crippen LogP contribution in [0, 0.1) is 0 Å². The second kappa shape index (κ2) is 22.4. The zero-order valence-electron chi connectivity index (χ0n) is 17.6. The molecule has 0 heterocycles. The summed E-state index contributed by atoms with van der Waals surface area (Å²) in [5.41, 5.74) is 0. The van der Waals surface area contributed by atoms with E-state index in [0.29, 0.717) is 32.8 Å². The average Bonchev–Trinajstić information content (AvgIpc) is 2.64. The van der Waals surface area contributed by atoms with E-state index in [-0.39, 0.29) is 5.97 Å². The van der Waals surface area contributed by atoms with E-state index in [0.717, 1.165) is 13.0 Å². The fourth-order valence-electron chi connectivity index (χ4n) is 2.93. The highest BCUT2D eigenvalue weighted by Gasteiger charge is 2.00. The molecule has 0 radical (unpaired) electrons. The topological polar surface area (TPSA) is 44.8 Å². The minimum Gasteiger partial charge on any atom is -0.466 e. The quantitative estimate of drug-likeness (QED) is 0.181. The van der Waals surface area contributed by atoms with E-state index in [1.54, 1.807) is 0 Å². The molecule has 0 amide bonds. The van der Waals surface area contributed by atoms with Crippen molar-refractivity contribution in [1.29, 1.82) is 0 Å². The van der Waals surface area contributed by atoms with E-state index in [9.17, 15) is 4.79 Å². The molecular formula is C22H44O4. The Labute approximate surface area is 162 Å². The Bertz CT molecular complexity index is 281. The highest BCUT2D eigenvalue weighted by atomic mass is 16.5. The minimum atomic E-state index is -0.194. The third-order valence-electron chi connectivity index (χ3n) is 4.52. The number of carbonyl (C=O) groups excluding carboxylic acids is 1. The maximum atomic E-state index is 11.1. The third kappa shape index (κ3) is 21.4. The molecule has 0 N–H and O–H groups in total. The summed E-state index contributed by atoms with van der Waals surface area (Å²) >= 11 is 0. The van der Waals surface area contributed by atoms with Gasteiger partial charge in [0.25, 0.3) is 0 Å². The molecule has 0 rings (SSSR count). The first-order valence-corrected chi connectivity index (χ1v) is 11.1. The van der Waals surface area contributed by atoms with Crippen molar-refractivity contribution in [3.63, 3.8) is 0 Å². The van der Waals surface area contributed by atoms with Gasteiger partial charge in [-0.2, -0.15) is 0 Å². The van der Waals surface area contributed by atoms with E-state index in [4.69, 9.17) is 14.2 Å². The number of unbranched alkanes of at least 4 members (excludes halogenated alkanes) is 12. The summed E-state index contributed by atoms with van der Waals surface area (Å²) in [6.45, 7) is 6.92. The van der Waals surface area contributed by atoms with Gasteiger partial charge < -0.3 is 14.2 Å². The molecule has 156 valence electrons. The van der Waals surface area contributed by atoms with E-state index in [2.05, 4.69) is 6.92 Å². The van der Waals surface area contributed by atoms with Gasteiger partial charge in [0.15, 0.2) is 0 Å². The largest absolute Gasteiger partial charge is 0.466 e. The van der Waals surface area contributed by atoms with Crippen molar-refractivity contribution in [1.82, 2.24) is 0 Å². The Kier molecular flexibility index (Phi) is 21.9. The van der Waals surface area contributed by atoms with Crippen molar-refractivity contribution < 1.29 is 19.0 Å². The van der Waals surface area contributed by atoms with Crippen molar-refractivity contribution in [3.05, 3.63) is 0 Å². The molecule has 0 spiro atoms. The van der Waals surface area contributed by atoms with Gasteiger partial charge in [0, 0.05) is 6.61 Å². The standard InChI is InChI=1S/C22H44O4/c1-3-5-6-7-8-9-10-11-12-13-14-15-16-18-24-20-21-25-19-17-22(23)26-4-2/h3-21H2,1-2H3. The number of rotatable bonds is 21. The molecule has 0 unspecified atom stereocenters. The van der Waals surface area contributed by atoms with Crippen LogP contribution in [-0.4, -0.2) is 39.0 Å². The predicted molar refractivity (Wildman–Crippen MR) is 109 cm³/mol. The molecule has 0 aliphatic heterocycles. The first-order valence-electron chi connectivity index (χ1n) is 11.1. The summed E-state index contributed by atoms with van der Waals surface area (Å²) in [7, 11) is 0. The van der Waals surface area contributed by atoms with Crippen molar-refractivity contribution >= 4 is 5.97 Å². The van der Waals surface area contributed by atoms with Crippen LogP contribution in [0.4, 0.5) is 0 Å². The zero-order valence-corrected chi connectivity index (χ0v) is 17.6. The normalized spacial score (nSPS) is 11.0. The highest BCUT2D eigenvalue weighted by Crippen LogP contribution is 2.12. The van der Waals surface area contributed by atoms with Gasteiger partial charge >= 0.3 is 5.97 Å². The number of hydrogen-bond acceptors (Lipinski definition) is 4. The molecule has 0 aliphatic carbocycles. The van der Waals surface area contributed by atoms with Crippen molar-refractivity contribution in [2.75, 3.05) is 33.0 Å². The van der Waals surface area contributed by atoms with E-state index in [1.807, 2.05) is 6.92 Å². The summed E-state index contributed by atoms with van der Waals surface area (Å²) in [6, 6.07) is 0. The lowest BCUT2D eigenvalue weighted by molar-refractivity contribution is -0.144. The van der Waals surface area contributed by atoms with Gasteiger partial charge in [-0.15, -0.1) is 0 Å². The minimum absolute atomic E-state index is 0.194. The highest BCUT2D eigenvalue weighted by molar-refractivity contribution is 5.69. The van der Waals surface area contributed by atoms with Crippen LogP contribution in [0.3, 0.4) is 0 Å². The second-order valence-corrected chi connectivity index (χ2v) is 7.02. The third-order valence-corrected chi connectivity index (χ3v) is 4.52. The van der Waals surface area contributed by atoms with E-state index >= 15 is 0 Å². The molecule has 0 saturated heterocycles. The van der Waals surface area contributed by atoms with Gasteiger partial charge in [0.2, 0.25) is 0 Å². The molecule has 4 heteroatoms. The summed E-state index contributed by atoms with van der Waals surface area (Å²) in [5.74, 6) is -0.194. The Morgan fingerprint density at radius 2 is 1.04 bits per heavy atom. The second-order valence-electron chi connectivity index (χ2n) is 7.02. The van der Waals surface area contributed by atoms with Crippen molar-refractivity contribution in [2.45, 2.75) is 104 Å². The van der Waals surface area contributed by atoms with E-state index < -0.39 is 0 Å². The van der Waals surface area contributed by atoms with Gasteiger partial charge in [-0.3, -0.25) is 4.79 Å². The number of carbonyl (C=O) groups is 1. The van der Waals surface area contributed by atoms with Gasteiger partial charge in [-0.05, 0) is 13.3 Å². The first-order chi connectivity index (χ1) is 12.8. The van der Waals surface area contributed by atoms with Gasteiger partial charge in [-0.1, -0.05) is 84.0 Å². The summed E-state index contributed by atoms with van der Waals surface area (Å²) in [4.78, 5) is 11.1. The summed E-state index contributed by atoms with van der Waals surface area (Å²) < 4.78 is 15.7. The first kappa shape index (κ1) is 25.4. The van der Waals surface area contributed by atoms with Gasteiger partial charge in [0.1, 0.15) is 0 Å².